The van der Waals surface area contributed by atoms with E-state index in [0.29, 0.717) is 13.0 Å². The number of aromatic nitrogens is 5. The number of nitrogens with zero attached hydrogens (tertiary/aromatic N) is 5. The highest BCUT2D eigenvalue weighted by molar-refractivity contribution is 7.09. The smallest absolute Gasteiger partial charge is 0.249 e. The molecule has 0 saturated heterocycles. The summed E-state index contributed by atoms with van der Waals surface area (Å²) in [4.78, 5) is 17.4. The van der Waals surface area contributed by atoms with E-state index < -0.39 is 6.04 Å². The summed E-state index contributed by atoms with van der Waals surface area (Å²) in [5.41, 5.74) is 1.96. The van der Waals surface area contributed by atoms with Crippen molar-refractivity contribution in [2.24, 2.45) is 0 Å². The van der Waals surface area contributed by atoms with Gasteiger partial charge in [0.25, 0.3) is 0 Å². The van der Waals surface area contributed by atoms with Crippen LogP contribution in [0.15, 0.2) is 42.0 Å². The van der Waals surface area contributed by atoms with E-state index in [4.69, 9.17) is 0 Å². The first-order valence-electron chi connectivity index (χ1n) is 8.45. The maximum atomic E-state index is 12.8. The number of carbonyl (C=O) groups excluding carboxylic acids is 1. The molecule has 0 unspecified atom stereocenters. The predicted molar refractivity (Wildman–Crippen MR) is 99.9 cm³/mol. The van der Waals surface area contributed by atoms with Crippen LogP contribution in [0, 0.1) is 0 Å². The van der Waals surface area contributed by atoms with Crippen LogP contribution in [0.2, 0.25) is 0 Å². The van der Waals surface area contributed by atoms with Gasteiger partial charge in [-0.25, -0.2) is 9.67 Å². The van der Waals surface area contributed by atoms with Gasteiger partial charge >= 0.3 is 0 Å². The molecule has 0 fully saturated rings. The summed E-state index contributed by atoms with van der Waals surface area (Å²) in [5, 5.41) is 17.3. The Bertz CT molecular complexity index is 838. The molecular formula is C18H22N6OS. The van der Waals surface area contributed by atoms with E-state index in [0.717, 1.165) is 16.3 Å². The summed E-state index contributed by atoms with van der Waals surface area (Å²) >= 11 is 1.63. The molecule has 1 aromatic carbocycles. The van der Waals surface area contributed by atoms with E-state index in [2.05, 4.69) is 52.0 Å². The molecular weight excluding hydrogens is 348 g/mol. The summed E-state index contributed by atoms with van der Waals surface area (Å²) < 4.78 is 1.46. The lowest BCUT2D eigenvalue weighted by Crippen LogP contribution is -2.34. The average molecular weight is 370 g/mol. The average Bonchev–Trinajstić information content (AvgIpc) is 3.28. The van der Waals surface area contributed by atoms with E-state index in [1.807, 2.05) is 30.3 Å². The summed E-state index contributed by atoms with van der Waals surface area (Å²) in [6.07, 6.45) is 2.15. The van der Waals surface area contributed by atoms with Crippen molar-refractivity contribution in [2.75, 3.05) is 6.54 Å². The highest BCUT2D eigenvalue weighted by Crippen LogP contribution is 2.24. The van der Waals surface area contributed by atoms with Crippen LogP contribution in [0.1, 0.15) is 43.1 Å². The van der Waals surface area contributed by atoms with Crippen molar-refractivity contribution in [3.63, 3.8) is 0 Å². The molecule has 2 aromatic heterocycles. The van der Waals surface area contributed by atoms with Crippen LogP contribution in [-0.4, -0.2) is 37.6 Å². The van der Waals surface area contributed by atoms with Gasteiger partial charge in [0.1, 0.15) is 6.33 Å². The van der Waals surface area contributed by atoms with Crippen molar-refractivity contribution in [1.29, 1.82) is 0 Å². The summed E-state index contributed by atoms with van der Waals surface area (Å²) in [6, 6.07) is 8.89. The number of carbonyl (C=O) groups is 1. The minimum absolute atomic E-state index is 0.0382. The third kappa shape index (κ3) is 4.32. The lowest BCUT2D eigenvalue weighted by Gasteiger charge is -2.16. The molecule has 1 N–H and O–H groups in total. The zero-order valence-corrected chi connectivity index (χ0v) is 15.9. The molecule has 136 valence electrons. The predicted octanol–water partition coefficient (Wildman–Crippen LogP) is 2.38. The number of amides is 1. The van der Waals surface area contributed by atoms with Crippen LogP contribution in [0.5, 0.6) is 0 Å². The van der Waals surface area contributed by atoms with Gasteiger partial charge in [-0.05, 0) is 16.0 Å². The molecule has 0 aliphatic rings. The third-order valence-electron chi connectivity index (χ3n) is 3.95. The van der Waals surface area contributed by atoms with Gasteiger partial charge in [0.05, 0.1) is 10.7 Å². The van der Waals surface area contributed by atoms with E-state index in [-0.39, 0.29) is 11.3 Å². The molecule has 0 bridgehead atoms. The Labute approximate surface area is 156 Å². The Balaban J connectivity index is 1.65. The van der Waals surface area contributed by atoms with Crippen LogP contribution in [0.3, 0.4) is 0 Å². The zero-order chi connectivity index (χ0) is 18.6. The van der Waals surface area contributed by atoms with Crippen LogP contribution >= 0.6 is 11.3 Å². The molecule has 1 amide bonds. The molecule has 3 aromatic rings. The number of rotatable bonds is 6. The maximum absolute atomic E-state index is 12.8. The van der Waals surface area contributed by atoms with Gasteiger partial charge < -0.3 is 5.32 Å². The van der Waals surface area contributed by atoms with E-state index in [1.54, 1.807) is 11.3 Å². The van der Waals surface area contributed by atoms with Crippen LogP contribution < -0.4 is 5.32 Å². The molecule has 0 aliphatic heterocycles. The van der Waals surface area contributed by atoms with Gasteiger partial charge in [0.2, 0.25) is 5.91 Å². The molecule has 1 atom stereocenters. The van der Waals surface area contributed by atoms with Crippen molar-refractivity contribution in [1.82, 2.24) is 30.5 Å². The normalized spacial score (nSPS) is 12.7. The first-order chi connectivity index (χ1) is 12.4. The molecule has 2 heterocycles. The fourth-order valence-corrected chi connectivity index (χ4v) is 3.53. The van der Waals surface area contributed by atoms with Crippen molar-refractivity contribution in [3.05, 3.63) is 58.3 Å². The van der Waals surface area contributed by atoms with Crippen molar-refractivity contribution in [2.45, 2.75) is 38.6 Å². The molecule has 0 spiro atoms. The maximum Gasteiger partial charge on any atom is 0.249 e. The quantitative estimate of drug-likeness (QED) is 0.720. The Morgan fingerprint density at radius 1 is 1.27 bits per heavy atom. The lowest BCUT2D eigenvalue weighted by molar-refractivity contribution is -0.123. The molecule has 7 nitrogen and oxygen atoms in total. The second-order valence-corrected chi connectivity index (χ2v) is 7.96. The number of tetrazole rings is 1. The van der Waals surface area contributed by atoms with Gasteiger partial charge in [0, 0.05) is 23.8 Å². The fourth-order valence-electron chi connectivity index (χ4n) is 2.51. The Morgan fingerprint density at radius 3 is 2.65 bits per heavy atom. The zero-order valence-electron chi connectivity index (χ0n) is 15.1. The fraction of sp³-hybridized carbons (Fsp3) is 0.389. The second-order valence-electron chi connectivity index (χ2n) is 7.02. The first-order valence-corrected chi connectivity index (χ1v) is 9.33. The SMILES string of the molecule is CC(C)(C)c1csc(CCNC(=O)[C@H](c2ccccc2)n2cnnn2)n1. The lowest BCUT2D eigenvalue weighted by atomic mass is 9.93. The van der Waals surface area contributed by atoms with Crippen molar-refractivity contribution < 1.29 is 4.79 Å². The summed E-state index contributed by atoms with van der Waals surface area (Å²) in [5.74, 6) is -0.142. The van der Waals surface area contributed by atoms with Gasteiger partial charge in [-0.15, -0.1) is 16.4 Å². The minimum atomic E-state index is -0.590. The highest BCUT2D eigenvalue weighted by atomic mass is 32.1. The molecule has 8 heteroatoms. The highest BCUT2D eigenvalue weighted by Gasteiger charge is 2.23. The number of thiazole rings is 1. The van der Waals surface area contributed by atoms with Crippen LogP contribution in [-0.2, 0) is 16.6 Å². The van der Waals surface area contributed by atoms with E-state index in [9.17, 15) is 4.79 Å². The Kier molecular flexibility index (Phi) is 5.41. The number of hydrogen-bond donors (Lipinski definition) is 1. The number of hydrogen-bond acceptors (Lipinski definition) is 6. The van der Waals surface area contributed by atoms with Gasteiger partial charge in [-0.3, -0.25) is 4.79 Å². The molecule has 0 saturated carbocycles. The van der Waals surface area contributed by atoms with Crippen LogP contribution in [0.25, 0.3) is 0 Å². The molecule has 0 radical (unpaired) electrons. The van der Waals surface area contributed by atoms with Crippen molar-refractivity contribution >= 4 is 17.2 Å². The Hall–Kier alpha value is -2.61. The second kappa shape index (κ2) is 7.74. The third-order valence-corrected chi connectivity index (χ3v) is 4.86. The van der Waals surface area contributed by atoms with E-state index >= 15 is 0 Å². The monoisotopic (exact) mass is 370 g/mol. The van der Waals surface area contributed by atoms with Gasteiger partial charge in [0.15, 0.2) is 6.04 Å². The van der Waals surface area contributed by atoms with Crippen molar-refractivity contribution in [3.8, 4) is 0 Å². The van der Waals surface area contributed by atoms with Gasteiger partial charge in [-0.1, -0.05) is 51.1 Å². The number of benzene rings is 1. The first kappa shape index (κ1) is 18.2. The molecule has 0 aliphatic carbocycles. The molecule has 3 rings (SSSR count). The largest absolute Gasteiger partial charge is 0.354 e. The van der Waals surface area contributed by atoms with Crippen LogP contribution in [0.4, 0.5) is 0 Å². The van der Waals surface area contributed by atoms with Gasteiger partial charge in [-0.2, -0.15) is 0 Å². The van der Waals surface area contributed by atoms with E-state index in [1.165, 1.54) is 11.0 Å². The minimum Gasteiger partial charge on any atom is -0.354 e. The number of nitrogens with one attached hydrogen (secondary N) is 1. The summed E-state index contributed by atoms with van der Waals surface area (Å²) in [7, 11) is 0. The molecule has 26 heavy (non-hydrogen) atoms. The standard InChI is InChI=1S/C18H22N6OS/c1-18(2,3)14-11-26-15(21-14)9-10-19-17(25)16(24-12-20-22-23-24)13-7-5-4-6-8-13/h4-8,11-12,16H,9-10H2,1-3H3,(H,19,25)/t16-/m0/s1. The Morgan fingerprint density at radius 2 is 2.04 bits per heavy atom. The topological polar surface area (TPSA) is 85.6 Å². The summed E-state index contributed by atoms with van der Waals surface area (Å²) in [6.45, 7) is 6.94.